The molecule has 3 heteroatoms. The zero-order chi connectivity index (χ0) is 11.6. The molecule has 86 valence electrons. The molecule has 0 saturated heterocycles. The van der Waals surface area contributed by atoms with E-state index in [1.807, 2.05) is 0 Å². The van der Waals surface area contributed by atoms with Gasteiger partial charge < -0.3 is 4.74 Å². The molecule has 1 aliphatic rings. The van der Waals surface area contributed by atoms with E-state index in [0.29, 0.717) is 0 Å². The summed E-state index contributed by atoms with van der Waals surface area (Å²) in [4.78, 5) is 11.7. The molecule has 0 unspecified atom stereocenters. The number of esters is 1. The van der Waals surface area contributed by atoms with Crippen LogP contribution in [0.5, 0.6) is 0 Å². The van der Waals surface area contributed by atoms with E-state index in [0.717, 1.165) is 30.2 Å². The number of carbonyl (C=O) groups excluding carboxylic acids is 1. The number of benzene rings is 1. The van der Waals surface area contributed by atoms with E-state index in [-0.39, 0.29) is 11.4 Å². The Morgan fingerprint density at radius 1 is 1.38 bits per heavy atom. The highest BCUT2D eigenvalue weighted by Gasteiger charge is 2.52. The van der Waals surface area contributed by atoms with Gasteiger partial charge in [0.25, 0.3) is 0 Å². The summed E-state index contributed by atoms with van der Waals surface area (Å²) in [5.41, 5.74) is 2.06. The molecule has 1 aromatic rings. The Bertz CT molecular complexity index is 379. The molecular formula is C13H15BrO2. The van der Waals surface area contributed by atoms with Crippen molar-refractivity contribution in [1.29, 1.82) is 0 Å². The SMILES string of the molecule is COC(=O)C1(c2ccc(CCBr)cc2)CC1. The molecule has 2 rings (SSSR count). The maximum atomic E-state index is 11.7. The number of rotatable bonds is 4. The first-order chi connectivity index (χ1) is 7.73. The zero-order valence-electron chi connectivity index (χ0n) is 9.33. The molecule has 0 N–H and O–H groups in total. The van der Waals surface area contributed by atoms with Gasteiger partial charge in [-0.2, -0.15) is 0 Å². The molecule has 0 spiro atoms. The number of hydrogen-bond donors (Lipinski definition) is 0. The first-order valence-corrected chi connectivity index (χ1v) is 6.59. The van der Waals surface area contributed by atoms with Gasteiger partial charge >= 0.3 is 5.97 Å². The molecule has 1 fully saturated rings. The highest BCUT2D eigenvalue weighted by atomic mass is 79.9. The third-order valence-electron chi connectivity index (χ3n) is 3.22. The number of alkyl halides is 1. The lowest BCUT2D eigenvalue weighted by Crippen LogP contribution is -2.21. The number of ether oxygens (including phenoxy) is 1. The molecule has 16 heavy (non-hydrogen) atoms. The molecule has 2 nitrogen and oxygen atoms in total. The molecule has 0 aliphatic heterocycles. The normalized spacial score (nSPS) is 16.9. The summed E-state index contributed by atoms with van der Waals surface area (Å²) in [6.07, 6.45) is 2.85. The highest BCUT2D eigenvalue weighted by molar-refractivity contribution is 9.09. The molecule has 0 bridgehead atoms. The summed E-state index contributed by atoms with van der Waals surface area (Å²) >= 11 is 3.42. The second-order valence-electron chi connectivity index (χ2n) is 4.21. The Kier molecular flexibility index (Phi) is 3.33. The van der Waals surface area contributed by atoms with Gasteiger partial charge in [-0.3, -0.25) is 4.79 Å². The van der Waals surface area contributed by atoms with Gasteiger partial charge in [0.2, 0.25) is 0 Å². The zero-order valence-corrected chi connectivity index (χ0v) is 10.9. The van der Waals surface area contributed by atoms with Crippen molar-refractivity contribution in [1.82, 2.24) is 0 Å². The van der Waals surface area contributed by atoms with Crippen LogP contribution < -0.4 is 0 Å². The first kappa shape index (κ1) is 11.6. The van der Waals surface area contributed by atoms with Crippen molar-refractivity contribution in [2.75, 3.05) is 12.4 Å². The van der Waals surface area contributed by atoms with Crippen molar-refractivity contribution < 1.29 is 9.53 Å². The van der Waals surface area contributed by atoms with E-state index < -0.39 is 0 Å². The second-order valence-corrected chi connectivity index (χ2v) is 5.00. The number of hydrogen-bond acceptors (Lipinski definition) is 2. The van der Waals surface area contributed by atoms with Gasteiger partial charge in [0.05, 0.1) is 12.5 Å². The van der Waals surface area contributed by atoms with Crippen molar-refractivity contribution in [3.05, 3.63) is 35.4 Å². The fraction of sp³-hybridized carbons (Fsp3) is 0.462. The summed E-state index contributed by atoms with van der Waals surface area (Å²) in [7, 11) is 1.46. The quantitative estimate of drug-likeness (QED) is 0.627. The van der Waals surface area contributed by atoms with E-state index in [1.54, 1.807) is 0 Å². The van der Waals surface area contributed by atoms with E-state index in [9.17, 15) is 4.79 Å². The second kappa shape index (κ2) is 4.58. The van der Waals surface area contributed by atoms with Crippen LogP contribution in [0.2, 0.25) is 0 Å². The highest BCUT2D eigenvalue weighted by Crippen LogP contribution is 2.49. The number of carbonyl (C=O) groups is 1. The van der Waals surface area contributed by atoms with Crippen LogP contribution in [0, 0.1) is 0 Å². The van der Waals surface area contributed by atoms with Crippen LogP contribution in [0.3, 0.4) is 0 Å². The third-order valence-corrected chi connectivity index (χ3v) is 3.61. The van der Waals surface area contributed by atoms with Crippen LogP contribution in [0.25, 0.3) is 0 Å². The van der Waals surface area contributed by atoms with Gasteiger partial charge in [0.15, 0.2) is 0 Å². The minimum absolute atomic E-state index is 0.0965. The summed E-state index contributed by atoms with van der Waals surface area (Å²) in [5.74, 6) is -0.0965. The Morgan fingerprint density at radius 2 is 2.00 bits per heavy atom. The minimum Gasteiger partial charge on any atom is -0.468 e. The summed E-state index contributed by atoms with van der Waals surface area (Å²) < 4.78 is 4.86. The molecule has 1 saturated carbocycles. The Morgan fingerprint density at radius 3 is 2.44 bits per heavy atom. The maximum absolute atomic E-state index is 11.7. The molecule has 1 aliphatic carbocycles. The Hall–Kier alpha value is -0.830. The van der Waals surface area contributed by atoms with Crippen LogP contribution in [0.15, 0.2) is 24.3 Å². The minimum atomic E-state index is -0.332. The number of methoxy groups -OCH3 is 1. The van der Waals surface area contributed by atoms with E-state index in [1.165, 1.54) is 12.7 Å². The van der Waals surface area contributed by atoms with Crippen molar-refractivity contribution >= 4 is 21.9 Å². The standard InChI is InChI=1S/C13H15BrO2/c1-16-12(15)13(7-8-13)11-4-2-10(3-5-11)6-9-14/h2-5H,6-9H2,1H3. The molecule has 1 aromatic carbocycles. The van der Waals surface area contributed by atoms with Gasteiger partial charge in [-0.15, -0.1) is 0 Å². The van der Waals surface area contributed by atoms with Crippen molar-refractivity contribution in [3.8, 4) is 0 Å². The predicted molar refractivity (Wildman–Crippen MR) is 66.9 cm³/mol. The summed E-state index contributed by atoms with van der Waals surface area (Å²) in [6, 6.07) is 8.31. The van der Waals surface area contributed by atoms with Crippen molar-refractivity contribution in [2.24, 2.45) is 0 Å². The van der Waals surface area contributed by atoms with Crippen LogP contribution in [0.4, 0.5) is 0 Å². The lowest BCUT2D eigenvalue weighted by atomic mass is 9.95. The van der Waals surface area contributed by atoms with Gasteiger partial charge in [0.1, 0.15) is 0 Å². The Labute approximate surface area is 104 Å². The van der Waals surface area contributed by atoms with Gasteiger partial charge in [-0.25, -0.2) is 0 Å². The lowest BCUT2D eigenvalue weighted by molar-refractivity contribution is -0.143. The van der Waals surface area contributed by atoms with Crippen LogP contribution in [0.1, 0.15) is 24.0 Å². The summed E-state index contributed by atoms with van der Waals surface area (Å²) in [6.45, 7) is 0. The van der Waals surface area contributed by atoms with Crippen LogP contribution >= 0.6 is 15.9 Å². The fourth-order valence-corrected chi connectivity index (χ4v) is 2.49. The largest absolute Gasteiger partial charge is 0.468 e. The van der Waals surface area contributed by atoms with E-state index >= 15 is 0 Å². The van der Waals surface area contributed by atoms with E-state index in [2.05, 4.69) is 40.2 Å². The predicted octanol–water partition coefficient (Wildman–Crippen LogP) is 2.83. The Balaban J connectivity index is 2.19. The van der Waals surface area contributed by atoms with Crippen molar-refractivity contribution in [2.45, 2.75) is 24.7 Å². The van der Waals surface area contributed by atoms with Gasteiger partial charge in [-0.1, -0.05) is 40.2 Å². The third kappa shape index (κ3) is 2.01. The molecule has 0 radical (unpaired) electrons. The lowest BCUT2D eigenvalue weighted by Gasteiger charge is -2.13. The molecule has 0 aromatic heterocycles. The number of aryl methyl sites for hydroxylation is 1. The monoisotopic (exact) mass is 282 g/mol. The topological polar surface area (TPSA) is 26.3 Å². The fourth-order valence-electron chi connectivity index (χ4n) is 2.03. The molecule has 0 atom stereocenters. The van der Waals surface area contributed by atoms with Crippen LogP contribution in [-0.2, 0) is 21.4 Å². The molecular weight excluding hydrogens is 268 g/mol. The van der Waals surface area contributed by atoms with Gasteiger partial charge in [0, 0.05) is 5.33 Å². The van der Waals surface area contributed by atoms with E-state index in [4.69, 9.17) is 4.74 Å². The summed E-state index contributed by atoms with van der Waals surface area (Å²) in [5, 5.41) is 0.967. The molecule has 0 heterocycles. The average molecular weight is 283 g/mol. The van der Waals surface area contributed by atoms with Gasteiger partial charge in [-0.05, 0) is 30.4 Å². The average Bonchev–Trinajstić information content (AvgIpc) is 3.11. The maximum Gasteiger partial charge on any atom is 0.316 e. The first-order valence-electron chi connectivity index (χ1n) is 5.47. The van der Waals surface area contributed by atoms with Crippen LogP contribution in [-0.4, -0.2) is 18.4 Å². The van der Waals surface area contributed by atoms with Crippen molar-refractivity contribution in [3.63, 3.8) is 0 Å². The number of halogens is 1. The smallest absolute Gasteiger partial charge is 0.316 e. The molecule has 0 amide bonds.